The highest BCUT2D eigenvalue weighted by atomic mass is 16.7. The minimum atomic E-state index is -0.150. The Bertz CT molecular complexity index is 190. The van der Waals surface area contributed by atoms with Crippen molar-refractivity contribution in [1.29, 1.82) is 0 Å². The molecule has 80 valence electrons. The van der Waals surface area contributed by atoms with Crippen molar-refractivity contribution >= 4 is 0 Å². The molecule has 1 saturated heterocycles. The maximum absolute atomic E-state index is 5.85. The van der Waals surface area contributed by atoms with Crippen LogP contribution in [0.4, 0.5) is 0 Å². The number of ether oxygens (including phenoxy) is 2. The first kappa shape index (κ1) is 9.17. The molecule has 0 aromatic carbocycles. The standard InChI is InChI=1S/C12H20O2/c1-2-5-11(4-1)6-3-7-12(10-11)13-8-9-14-12/h1-10H2. The molecular formula is C12H20O2. The van der Waals surface area contributed by atoms with Gasteiger partial charge in [-0.15, -0.1) is 0 Å². The lowest BCUT2D eigenvalue weighted by atomic mass is 9.70. The van der Waals surface area contributed by atoms with Gasteiger partial charge in [0.25, 0.3) is 0 Å². The molecule has 0 atom stereocenters. The molecule has 0 N–H and O–H groups in total. The van der Waals surface area contributed by atoms with Gasteiger partial charge < -0.3 is 9.47 Å². The Labute approximate surface area is 86.0 Å². The highest BCUT2D eigenvalue weighted by Gasteiger charge is 2.49. The summed E-state index contributed by atoms with van der Waals surface area (Å²) in [5, 5.41) is 0. The van der Waals surface area contributed by atoms with E-state index in [2.05, 4.69) is 0 Å². The van der Waals surface area contributed by atoms with E-state index in [1.165, 1.54) is 44.9 Å². The van der Waals surface area contributed by atoms with E-state index < -0.39 is 0 Å². The van der Waals surface area contributed by atoms with Crippen molar-refractivity contribution in [2.24, 2.45) is 5.41 Å². The van der Waals surface area contributed by atoms with Crippen LogP contribution in [0.3, 0.4) is 0 Å². The van der Waals surface area contributed by atoms with Gasteiger partial charge in [-0.2, -0.15) is 0 Å². The van der Waals surface area contributed by atoms with Crippen molar-refractivity contribution in [2.75, 3.05) is 13.2 Å². The van der Waals surface area contributed by atoms with Crippen molar-refractivity contribution in [2.45, 2.75) is 57.2 Å². The van der Waals surface area contributed by atoms with Crippen molar-refractivity contribution < 1.29 is 9.47 Å². The molecule has 2 heteroatoms. The molecule has 2 aliphatic carbocycles. The minimum absolute atomic E-state index is 0.150. The summed E-state index contributed by atoms with van der Waals surface area (Å²) in [5.41, 5.74) is 0.600. The van der Waals surface area contributed by atoms with Crippen LogP contribution >= 0.6 is 0 Å². The summed E-state index contributed by atoms with van der Waals surface area (Å²) >= 11 is 0. The highest BCUT2D eigenvalue weighted by Crippen LogP contribution is 2.53. The van der Waals surface area contributed by atoms with E-state index in [4.69, 9.17) is 9.47 Å². The summed E-state index contributed by atoms with van der Waals surface area (Å²) < 4.78 is 11.7. The SMILES string of the molecule is C1CCC2(C1)CCCC1(C2)OCCO1. The largest absolute Gasteiger partial charge is 0.348 e. The fourth-order valence-corrected chi connectivity index (χ4v) is 3.78. The molecule has 0 bridgehead atoms. The first-order valence-electron chi connectivity index (χ1n) is 6.11. The van der Waals surface area contributed by atoms with E-state index in [1.54, 1.807) is 0 Å². The molecule has 1 aliphatic heterocycles. The average molecular weight is 196 g/mol. The van der Waals surface area contributed by atoms with Crippen LogP contribution in [0, 0.1) is 5.41 Å². The summed E-state index contributed by atoms with van der Waals surface area (Å²) in [6.07, 6.45) is 10.7. The highest BCUT2D eigenvalue weighted by molar-refractivity contribution is 4.95. The summed E-state index contributed by atoms with van der Waals surface area (Å²) in [6, 6.07) is 0. The minimum Gasteiger partial charge on any atom is -0.348 e. The van der Waals surface area contributed by atoms with Gasteiger partial charge in [0.05, 0.1) is 13.2 Å². The number of hydrogen-bond acceptors (Lipinski definition) is 2. The number of rotatable bonds is 0. The predicted molar refractivity (Wildman–Crippen MR) is 54.0 cm³/mol. The monoisotopic (exact) mass is 196 g/mol. The lowest BCUT2D eigenvalue weighted by Gasteiger charge is -2.43. The zero-order chi connectivity index (χ0) is 9.49. The molecular weight excluding hydrogens is 176 g/mol. The van der Waals surface area contributed by atoms with Gasteiger partial charge in [0.2, 0.25) is 0 Å². The Kier molecular flexibility index (Phi) is 2.10. The Morgan fingerprint density at radius 1 is 0.714 bits per heavy atom. The fourth-order valence-electron chi connectivity index (χ4n) is 3.78. The molecule has 14 heavy (non-hydrogen) atoms. The van der Waals surface area contributed by atoms with Crippen LogP contribution in [0.25, 0.3) is 0 Å². The Morgan fingerprint density at radius 3 is 2.07 bits per heavy atom. The van der Waals surface area contributed by atoms with Gasteiger partial charge in [-0.1, -0.05) is 12.8 Å². The van der Waals surface area contributed by atoms with E-state index in [1.807, 2.05) is 0 Å². The molecule has 0 aromatic heterocycles. The van der Waals surface area contributed by atoms with Crippen LogP contribution in [0.2, 0.25) is 0 Å². The third-order valence-corrected chi connectivity index (χ3v) is 4.39. The molecule has 3 rings (SSSR count). The molecule has 0 aromatic rings. The van der Waals surface area contributed by atoms with Crippen molar-refractivity contribution in [3.63, 3.8) is 0 Å². The van der Waals surface area contributed by atoms with Crippen molar-refractivity contribution in [3.8, 4) is 0 Å². The maximum Gasteiger partial charge on any atom is 0.169 e. The second kappa shape index (κ2) is 3.21. The second-order valence-electron chi connectivity index (χ2n) is 5.35. The van der Waals surface area contributed by atoms with Gasteiger partial charge in [-0.3, -0.25) is 0 Å². The average Bonchev–Trinajstić information content (AvgIpc) is 2.77. The van der Waals surface area contributed by atoms with E-state index in [0.29, 0.717) is 5.41 Å². The molecule has 0 unspecified atom stereocenters. The Balaban J connectivity index is 1.77. The summed E-state index contributed by atoms with van der Waals surface area (Å²) in [5.74, 6) is -0.150. The molecule has 0 amide bonds. The fraction of sp³-hybridized carbons (Fsp3) is 1.00. The smallest absolute Gasteiger partial charge is 0.169 e. The lowest BCUT2D eigenvalue weighted by Crippen LogP contribution is -2.41. The van der Waals surface area contributed by atoms with E-state index in [0.717, 1.165) is 19.6 Å². The van der Waals surface area contributed by atoms with Crippen LogP contribution in [-0.2, 0) is 9.47 Å². The third kappa shape index (κ3) is 1.40. The first-order chi connectivity index (χ1) is 6.83. The Morgan fingerprint density at radius 2 is 1.36 bits per heavy atom. The predicted octanol–water partition coefficient (Wildman–Crippen LogP) is 2.86. The van der Waals surface area contributed by atoms with Crippen LogP contribution in [0.1, 0.15) is 51.4 Å². The maximum atomic E-state index is 5.85. The quantitative estimate of drug-likeness (QED) is 0.593. The lowest BCUT2D eigenvalue weighted by molar-refractivity contribution is -0.201. The topological polar surface area (TPSA) is 18.5 Å². The van der Waals surface area contributed by atoms with Gasteiger partial charge in [-0.25, -0.2) is 0 Å². The molecule has 0 radical (unpaired) electrons. The van der Waals surface area contributed by atoms with E-state index in [9.17, 15) is 0 Å². The van der Waals surface area contributed by atoms with Gasteiger partial charge in [-0.05, 0) is 31.1 Å². The van der Waals surface area contributed by atoms with Crippen LogP contribution in [0.15, 0.2) is 0 Å². The van der Waals surface area contributed by atoms with Gasteiger partial charge >= 0.3 is 0 Å². The Hall–Kier alpha value is -0.0800. The molecule has 3 fully saturated rings. The van der Waals surface area contributed by atoms with Gasteiger partial charge in [0.1, 0.15) is 0 Å². The summed E-state index contributed by atoms with van der Waals surface area (Å²) in [4.78, 5) is 0. The molecule has 3 aliphatic rings. The molecule has 2 spiro atoms. The third-order valence-electron chi connectivity index (χ3n) is 4.39. The summed E-state index contributed by atoms with van der Waals surface area (Å²) in [6.45, 7) is 1.63. The zero-order valence-corrected chi connectivity index (χ0v) is 8.89. The second-order valence-corrected chi connectivity index (χ2v) is 5.35. The van der Waals surface area contributed by atoms with E-state index >= 15 is 0 Å². The van der Waals surface area contributed by atoms with Crippen LogP contribution in [-0.4, -0.2) is 19.0 Å². The van der Waals surface area contributed by atoms with Gasteiger partial charge in [0.15, 0.2) is 5.79 Å². The van der Waals surface area contributed by atoms with E-state index in [-0.39, 0.29) is 5.79 Å². The molecule has 1 heterocycles. The first-order valence-corrected chi connectivity index (χ1v) is 6.11. The molecule has 2 saturated carbocycles. The molecule has 2 nitrogen and oxygen atoms in total. The van der Waals surface area contributed by atoms with Crippen LogP contribution in [0.5, 0.6) is 0 Å². The van der Waals surface area contributed by atoms with Crippen molar-refractivity contribution in [1.82, 2.24) is 0 Å². The van der Waals surface area contributed by atoms with Crippen molar-refractivity contribution in [3.05, 3.63) is 0 Å². The normalized spacial score (nSPS) is 34.3. The number of hydrogen-bond donors (Lipinski definition) is 0. The summed E-state index contributed by atoms with van der Waals surface area (Å²) in [7, 11) is 0. The van der Waals surface area contributed by atoms with Gasteiger partial charge in [0, 0.05) is 12.8 Å². The zero-order valence-electron chi connectivity index (χ0n) is 8.89. The van der Waals surface area contributed by atoms with Crippen LogP contribution < -0.4 is 0 Å².